The maximum absolute atomic E-state index is 11.6. The van der Waals surface area contributed by atoms with Crippen molar-refractivity contribution in [2.24, 2.45) is 17.0 Å². The van der Waals surface area contributed by atoms with Crippen molar-refractivity contribution in [2.75, 3.05) is 11.5 Å². The predicted molar refractivity (Wildman–Crippen MR) is 103 cm³/mol. The van der Waals surface area contributed by atoms with E-state index in [1.165, 1.54) is 12.8 Å². The molecule has 0 saturated carbocycles. The number of carbonyl (C=O) groups excluding carboxylic acids is 1. The summed E-state index contributed by atoms with van der Waals surface area (Å²) >= 11 is 0. The number of nitrogens with one attached hydrogen (secondary N) is 1. The highest BCUT2D eigenvalue weighted by atomic mass is 16.5. The normalized spacial score (nSPS) is 13.4. The first-order chi connectivity index (χ1) is 12.0. The van der Waals surface area contributed by atoms with Crippen LogP contribution in [0.1, 0.15) is 60.3 Å². The van der Waals surface area contributed by atoms with Gasteiger partial charge in [-0.25, -0.2) is 5.53 Å². The summed E-state index contributed by atoms with van der Waals surface area (Å²) in [4.78, 5) is 13.3. The Labute approximate surface area is 152 Å². The van der Waals surface area contributed by atoms with Crippen molar-refractivity contribution in [2.45, 2.75) is 66.3 Å². The lowest BCUT2D eigenvalue weighted by Crippen LogP contribution is -2.35. The van der Waals surface area contributed by atoms with Crippen LogP contribution < -0.4 is 9.64 Å². The van der Waals surface area contributed by atoms with E-state index in [4.69, 9.17) is 10.3 Å². The van der Waals surface area contributed by atoms with Gasteiger partial charge < -0.3 is 9.64 Å². The summed E-state index contributed by atoms with van der Waals surface area (Å²) < 4.78 is 6.00. The second-order valence-electron chi connectivity index (χ2n) is 6.99. The van der Waals surface area contributed by atoms with Crippen LogP contribution in [0.25, 0.3) is 0 Å². The van der Waals surface area contributed by atoms with Crippen molar-refractivity contribution in [3.63, 3.8) is 0 Å². The fourth-order valence-electron chi connectivity index (χ4n) is 2.69. The quantitative estimate of drug-likeness (QED) is 0.375. The number of hydrogen-bond donors (Lipinski definition) is 1. The summed E-state index contributed by atoms with van der Waals surface area (Å²) in [6.07, 6.45) is 5.45. The summed E-state index contributed by atoms with van der Waals surface area (Å²) in [5.74, 6) is 1.41. The zero-order valence-electron chi connectivity index (χ0n) is 16.3. The number of amides is 1. The van der Waals surface area contributed by atoms with Gasteiger partial charge in [0.15, 0.2) is 0 Å². The lowest BCUT2D eigenvalue weighted by molar-refractivity contribution is -0.108. The molecule has 0 aliphatic rings. The highest BCUT2D eigenvalue weighted by molar-refractivity contribution is 5.78. The summed E-state index contributed by atoms with van der Waals surface area (Å²) in [7, 11) is 0. The Kier molecular flexibility index (Phi) is 9.17. The van der Waals surface area contributed by atoms with Gasteiger partial charge in [-0.05, 0) is 37.3 Å². The maximum Gasteiger partial charge on any atom is 0.214 e. The summed E-state index contributed by atoms with van der Waals surface area (Å²) in [6, 6.07) is 5.47. The van der Waals surface area contributed by atoms with Crippen LogP contribution in [0, 0.1) is 17.4 Å². The number of rotatable bonds is 12. The van der Waals surface area contributed by atoms with Gasteiger partial charge in [0.25, 0.3) is 0 Å². The molecule has 2 atom stereocenters. The number of nitrogens with zero attached hydrogens (tertiary/aromatic N) is 2. The van der Waals surface area contributed by atoms with E-state index in [1.807, 2.05) is 19.1 Å². The topological polar surface area (TPSA) is 65.8 Å². The first kappa shape index (κ1) is 21.1. The van der Waals surface area contributed by atoms with Gasteiger partial charge in [-0.1, -0.05) is 47.0 Å². The third-order valence-corrected chi connectivity index (χ3v) is 4.90. The van der Waals surface area contributed by atoms with E-state index in [1.54, 1.807) is 11.0 Å². The van der Waals surface area contributed by atoms with Crippen LogP contribution in [0.3, 0.4) is 0 Å². The van der Waals surface area contributed by atoms with Gasteiger partial charge in [0, 0.05) is 17.8 Å². The second-order valence-corrected chi connectivity index (χ2v) is 6.99. The molecule has 0 saturated heterocycles. The Morgan fingerprint density at radius 1 is 1.28 bits per heavy atom. The maximum atomic E-state index is 11.6. The highest BCUT2D eigenvalue weighted by Crippen LogP contribution is 2.33. The molecule has 0 aliphatic carbocycles. The molecule has 140 valence electrons. The summed E-state index contributed by atoms with van der Waals surface area (Å²) in [5, 5.41) is 3.56. The Morgan fingerprint density at radius 3 is 2.52 bits per heavy atom. The molecular formula is C20H33N3O2. The van der Waals surface area contributed by atoms with Crippen LogP contribution in [-0.2, 0) is 4.79 Å². The minimum atomic E-state index is 0.0806. The van der Waals surface area contributed by atoms with Crippen molar-refractivity contribution in [1.29, 1.82) is 5.53 Å². The molecule has 0 aromatic heterocycles. The van der Waals surface area contributed by atoms with Gasteiger partial charge in [0.1, 0.15) is 11.4 Å². The zero-order valence-corrected chi connectivity index (χ0v) is 16.3. The number of benzene rings is 1. The zero-order chi connectivity index (χ0) is 18.8. The molecule has 0 fully saturated rings. The molecule has 2 unspecified atom stereocenters. The van der Waals surface area contributed by atoms with Crippen LogP contribution >= 0.6 is 0 Å². The Hall–Kier alpha value is -1.91. The molecule has 1 N–H and O–H groups in total. The molecular weight excluding hydrogens is 314 g/mol. The van der Waals surface area contributed by atoms with E-state index in [0.717, 1.165) is 24.9 Å². The minimum absolute atomic E-state index is 0.0806. The molecule has 0 heterocycles. The van der Waals surface area contributed by atoms with Crippen LogP contribution in [-0.4, -0.2) is 19.1 Å². The first-order valence-electron chi connectivity index (χ1n) is 9.36. The van der Waals surface area contributed by atoms with Gasteiger partial charge in [-0.2, -0.15) is 5.11 Å². The third kappa shape index (κ3) is 6.15. The van der Waals surface area contributed by atoms with E-state index >= 15 is 0 Å². The minimum Gasteiger partial charge on any atom is -0.491 e. The lowest BCUT2D eigenvalue weighted by Gasteiger charge is -2.28. The van der Waals surface area contributed by atoms with E-state index in [2.05, 4.69) is 32.8 Å². The van der Waals surface area contributed by atoms with Crippen LogP contribution in [0.5, 0.6) is 5.75 Å². The standard InChI is InChI=1S/C20H33N3O2/c1-6-8-9-17(7-2)13-25-20-12-18(10-11-19(20)22-21)23(14-24)16(5)15(3)4/h10-12,14-17,21H,6-9,13H2,1-5H3. The second kappa shape index (κ2) is 10.9. The van der Waals surface area contributed by atoms with Crippen molar-refractivity contribution in [1.82, 2.24) is 0 Å². The number of ether oxygens (including phenoxy) is 1. The molecule has 1 amide bonds. The van der Waals surface area contributed by atoms with Crippen molar-refractivity contribution < 1.29 is 9.53 Å². The van der Waals surface area contributed by atoms with E-state index < -0.39 is 0 Å². The predicted octanol–water partition coefficient (Wildman–Crippen LogP) is 5.95. The van der Waals surface area contributed by atoms with Crippen LogP contribution in [0.2, 0.25) is 0 Å². The van der Waals surface area contributed by atoms with Crippen LogP contribution in [0.4, 0.5) is 11.4 Å². The smallest absolute Gasteiger partial charge is 0.214 e. The molecule has 0 spiro atoms. The first-order valence-corrected chi connectivity index (χ1v) is 9.36. The molecule has 1 rings (SSSR count). The number of unbranched alkanes of at least 4 members (excludes halogenated alkanes) is 1. The van der Waals surface area contributed by atoms with Gasteiger partial charge in [-0.3, -0.25) is 4.79 Å². The highest BCUT2D eigenvalue weighted by Gasteiger charge is 2.19. The van der Waals surface area contributed by atoms with Gasteiger partial charge in [-0.15, -0.1) is 0 Å². The Bertz CT molecular complexity index is 546. The number of hydrogen-bond acceptors (Lipinski definition) is 4. The number of carbonyl (C=O) groups is 1. The average molecular weight is 348 g/mol. The van der Waals surface area contributed by atoms with Crippen molar-refractivity contribution >= 4 is 17.8 Å². The van der Waals surface area contributed by atoms with Crippen molar-refractivity contribution in [3.8, 4) is 5.75 Å². The summed E-state index contributed by atoms with van der Waals surface area (Å²) in [6.45, 7) is 11.2. The molecule has 5 nitrogen and oxygen atoms in total. The monoisotopic (exact) mass is 347 g/mol. The summed E-state index contributed by atoms with van der Waals surface area (Å²) in [5.41, 5.74) is 8.64. The van der Waals surface area contributed by atoms with E-state index in [-0.39, 0.29) is 6.04 Å². The molecule has 25 heavy (non-hydrogen) atoms. The lowest BCUT2D eigenvalue weighted by atomic mass is 10.0. The fourth-order valence-corrected chi connectivity index (χ4v) is 2.69. The van der Waals surface area contributed by atoms with E-state index in [0.29, 0.717) is 29.9 Å². The molecule has 0 radical (unpaired) electrons. The molecule has 1 aromatic rings. The Morgan fingerprint density at radius 2 is 2.00 bits per heavy atom. The van der Waals surface area contributed by atoms with Crippen LogP contribution in [0.15, 0.2) is 23.3 Å². The molecule has 1 aromatic carbocycles. The molecule has 5 heteroatoms. The van der Waals surface area contributed by atoms with E-state index in [9.17, 15) is 4.79 Å². The van der Waals surface area contributed by atoms with Gasteiger partial charge in [0.05, 0.1) is 6.61 Å². The SMILES string of the molecule is CCCCC(CC)COc1cc(N(C=O)C(C)C(C)C)ccc1N=N. The third-order valence-electron chi connectivity index (χ3n) is 4.90. The van der Waals surface area contributed by atoms with Crippen molar-refractivity contribution in [3.05, 3.63) is 18.2 Å². The van der Waals surface area contributed by atoms with Gasteiger partial charge in [0.2, 0.25) is 6.41 Å². The largest absolute Gasteiger partial charge is 0.491 e. The molecule has 0 aliphatic heterocycles. The fraction of sp³-hybridized carbons (Fsp3) is 0.650. The average Bonchev–Trinajstić information content (AvgIpc) is 2.62. The Balaban J connectivity index is 2.97. The van der Waals surface area contributed by atoms with Gasteiger partial charge >= 0.3 is 0 Å². The molecule has 0 bridgehead atoms. The number of anilines is 1.